The van der Waals surface area contributed by atoms with Crippen LogP contribution in [0.25, 0.3) is 0 Å². The number of hydrogen-bond acceptors (Lipinski definition) is 1. The molecule has 2 fully saturated rings. The average molecular weight is 443 g/mol. The van der Waals surface area contributed by atoms with Crippen molar-refractivity contribution < 1.29 is 22.3 Å². The van der Waals surface area contributed by atoms with Gasteiger partial charge in [0.2, 0.25) is 0 Å². The lowest BCUT2D eigenvalue weighted by molar-refractivity contribution is -0.0747. The molecule has 0 N–H and O–H groups in total. The molecule has 3 rings (SSSR count). The molecule has 1 aromatic rings. The molecule has 0 bridgehead atoms. The third-order valence-corrected chi connectivity index (χ3v) is 7.36. The van der Waals surface area contributed by atoms with Crippen molar-refractivity contribution in [3.8, 4) is 0 Å². The second-order valence-electron chi connectivity index (χ2n) is 9.70. The highest BCUT2D eigenvalue weighted by Crippen LogP contribution is 2.49. The van der Waals surface area contributed by atoms with Crippen molar-refractivity contribution in [2.75, 3.05) is 6.61 Å². The van der Waals surface area contributed by atoms with Crippen molar-refractivity contribution in [1.29, 1.82) is 0 Å². The van der Waals surface area contributed by atoms with E-state index < -0.39 is 23.5 Å². The number of ether oxygens (including phenoxy) is 1. The molecule has 0 aromatic heterocycles. The minimum Gasteiger partial charge on any atom is -0.378 e. The lowest BCUT2D eigenvalue weighted by Gasteiger charge is -2.37. The van der Waals surface area contributed by atoms with Crippen LogP contribution in [0.4, 0.5) is 17.6 Å². The van der Waals surface area contributed by atoms with E-state index in [0.717, 1.165) is 51.4 Å². The van der Waals surface area contributed by atoms with Gasteiger partial charge in [-0.2, -0.15) is 0 Å². The molecule has 0 spiro atoms. The summed E-state index contributed by atoms with van der Waals surface area (Å²) in [5.41, 5.74) is 0.113. The topological polar surface area (TPSA) is 9.23 Å². The van der Waals surface area contributed by atoms with E-state index in [2.05, 4.69) is 6.92 Å². The number of hydrogen-bond donors (Lipinski definition) is 0. The number of halogens is 4. The standard InChI is InChI=1S/C26H38F4O/c1-3-5-7-9-20-12-11-19(17-31-20)21-13-14-22(25(28)24(21)27)23-15-10-18(8-6-4-2)16-26(23,29)30/h13-14,18-20,23H,3-12,15-17H2,1-2H3. The summed E-state index contributed by atoms with van der Waals surface area (Å²) in [6, 6.07) is 2.93. The first-order chi connectivity index (χ1) is 14.9. The van der Waals surface area contributed by atoms with E-state index in [0.29, 0.717) is 13.0 Å². The van der Waals surface area contributed by atoms with E-state index in [4.69, 9.17) is 4.74 Å². The largest absolute Gasteiger partial charge is 0.378 e. The van der Waals surface area contributed by atoms with Crippen molar-refractivity contribution in [3.63, 3.8) is 0 Å². The first-order valence-corrected chi connectivity index (χ1v) is 12.3. The van der Waals surface area contributed by atoms with Crippen molar-refractivity contribution in [2.24, 2.45) is 5.92 Å². The molecule has 176 valence electrons. The minimum absolute atomic E-state index is 0.0250. The Morgan fingerprint density at radius 2 is 1.58 bits per heavy atom. The number of unbranched alkanes of at least 4 members (excludes halogenated alkanes) is 3. The molecule has 0 radical (unpaired) electrons. The molecule has 31 heavy (non-hydrogen) atoms. The van der Waals surface area contributed by atoms with Gasteiger partial charge in [0.25, 0.3) is 5.92 Å². The molecule has 1 saturated carbocycles. The summed E-state index contributed by atoms with van der Waals surface area (Å²) in [4.78, 5) is 0. The second-order valence-corrected chi connectivity index (χ2v) is 9.70. The van der Waals surface area contributed by atoms with Crippen molar-refractivity contribution in [2.45, 2.75) is 115 Å². The average Bonchev–Trinajstić information content (AvgIpc) is 2.75. The highest BCUT2D eigenvalue weighted by atomic mass is 19.3. The molecule has 1 aromatic carbocycles. The van der Waals surface area contributed by atoms with Gasteiger partial charge in [0.05, 0.1) is 18.6 Å². The Kier molecular flexibility index (Phi) is 8.83. The molecule has 1 heterocycles. The van der Waals surface area contributed by atoms with Gasteiger partial charge >= 0.3 is 0 Å². The second kappa shape index (κ2) is 11.2. The monoisotopic (exact) mass is 442 g/mol. The van der Waals surface area contributed by atoms with Gasteiger partial charge < -0.3 is 4.74 Å². The Morgan fingerprint density at radius 1 is 0.871 bits per heavy atom. The summed E-state index contributed by atoms with van der Waals surface area (Å²) in [6.07, 6.45) is 9.57. The molecular weight excluding hydrogens is 404 g/mol. The van der Waals surface area contributed by atoms with Gasteiger partial charge in [0, 0.05) is 12.3 Å². The van der Waals surface area contributed by atoms with Gasteiger partial charge in [-0.3, -0.25) is 0 Å². The van der Waals surface area contributed by atoms with Crippen LogP contribution in [0.15, 0.2) is 12.1 Å². The Bertz CT molecular complexity index is 697. The maximum atomic E-state index is 15.0. The van der Waals surface area contributed by atoms with E-state index in [9.17, 15) is 17.6 Å². The van der Waals surface area contributed by atoms with Gasteiger partial charge in [-0.05, 0) is 49.1 Å². The van der Waals surface area contributed by atoms with Gasteiger partial charge in [0.1, 0.15) is 0 Å². The van der Waals surface area contributed by atoms with Crippen LogP contribution in [0.5, 0.6) is 0 Å². The van der Waals surface area contributed by atoms with E-state index in [1.807, 2.05) is 6.92 Å². The van der Waals surface area contributed by atoms with Gasteiger partial charge in [0.15, 0.2) is 11.6 Å². The van der Waals surface area contributed by atoms with E-state index in [1.54, 1.807) is 0 Å². The normalized spacial score (nSPS) is 28.6. The van der Waals surface area contributed by atoms with E-state index in [1.165, 1.54) is 18.6 Å². The van der Waals surface area contributed by atoms with Gasteiger partial charge in [-0.25, -0.2) is 17.6 Å². The molecule has 1 aliphatic heterocycles. The highest BCUT2D eigenvalue weighted by Gasteiger charge is 2.47. The number of alkyl halides is 2. The van der Waals surface area contributed by atoms with Crippen LogP contribution >= 0.6 is 0 Å². The Hall–Kier alpha value is -1.10. The van der Waals surface area contributed by atoms with E-state index in [-0.39, 0.29) is 41.9 Å². The maximum absolute atomic E-state index is 15.0. The molecule has 1 aliphatic carbocycles. The lowest BCUT2D eigenvalue weighted by Crippen LogP contribution is -2.35. The SMILES string of the molecule is CCCCCC1CCC(c2ccc(C3CCC(CCCC)CC3(F)F)c(F)c2F)CO1. The van der Waals surface area contributed by atoms with E-state index >= 15 is 0 Å². The number of rotatable bonds is 9. The fourth-order valence-corrected chi connectivity index (χ4v) is 5.43. The summed E-state index contributed by atoms with van der Waals surface area (Å²) < 4.78 is 65.6. The molecule has 4 atom stereocenters. The zero-order valence-corrected chi connectivity index (χ0v) is 19.1. The van der Waals surface area contributed by atoms with Crippen LogP contribution in [0, 0.1) is 17.6 Å². The molecule has 1 nitrogen and oxygen atoms in total. The summed E-state index contributed by atoms with van der Waals surface area (Å²) in [6.45, 7) is 4.57. The van der Waals surface area contributed by atoms with Crippen LogP contribution in [0.1, 0.15) is 114 Å². The molecule has 4 unspecified atom stereocenters. The predicted molar refractivity (Wildman–Crippen MR) is 117 cm³/mol. The summed E-state index contributed by atoms with van der Waals surface area (Å²) in [5, 5.41) is 0. The fourth-order valence-electron chi connectivity index (χ4n) is 5.43. The van der Waals surface area contributed by atoms with Crippen molar-refractivity contribution in [1.82, 2.24) is 0 Å². The van der Waals surface area contributed by atoms with Crippen molar-refractivity contribution >= 4 is 0 Å². The van der Waals surface area contributed by atoms with Crippen LogP contribution < -0.4 is 0 Å². The van der Waals surface area contributed by atoms with Gasteiger partial charge in [-0.15, -0.1) is 0 Å². The Balaban J connectivity index is 1.66. The third-order valence-electron chi connectivity index (χ3n) is 7.36. The zero-order valence-electron chi connectivity index (χ0n) is 19.1. The zero-order chi connectivity index (χ0) is 22.4. The quantitative estimate of drug-likeness (QED) is 0.275. The first-order valence-electron chi connectivity index (χ1n) is 12.3. The van der Waals surface area contributed by atoms with Gasteiger partial charge in [-0.1, -0.05) is 64.5 Å². The molecule has 5 heteroatoms. The molecular formula is C26H38F4O. The van der Waals surface area contributed by atoms with Crippen LogP contribution in [-0.4, -0.2) is 18.6 Å². The van der Waals surface area contributed by atoms with Crippen LogP contribution in [0.3, 0.4) is 0 Å². The molecule has 2 aliphatic rings. The smallest absolute Gasteiger partial charge is 0.255 e. The minimum atomic E-state index is -2.99. The Labute approximate surface area is 184 Å². The fraction of sp³-hybridized carbons (Fsp3) is 0.769. The summed E-state index contributed by atoms with van der Waals surface area (Å²) >= 11 is 0. The summed E-state index contributed by atoms with van der Waals surface area (Å²) in [7, 11) is 0. The predicted octanol–water partition coefficient (Wildman–Crippen LogP) is 8.52. The van der Waals surface area contributed by atoms with Crippen LogP contribution in [0.2, 0.25) is 0 Å². The Morgan fingerprint density at radius 3 is 2.23 bits per heavy atom. The molecule has 1 saturated heterocycles. The highest BCUT2D eigenvalue weighted by molar-refractivity contribution is 5.33. The van der Waals surface area contributed by atoms with Crippen molar-refractivity contribution in [3.05, 3.63) is 34.9 Å². The summed E-state index contributed by atoms with van der Waals surface area (Å²) in [5.74, 6) is -6.51. The van der Waals surface area contributed by atoms with Crippen LogP contribution in [-0.2, 0) is 4.74 Å². The first kappa shape index (κ1) is 24.5. The third kappa shape index (κ3) is 6.03. The number of benzene rings is 1. The maximum Gasteiger partial charge on any atom is 0.255 e. The molecule has 0 amide bonds. The lowest BCUT2D eigenvalue weighted by atomic mass is 9.74.